The molecule has 3 rings (SSSR count). The molecule has 0 unspecified atom stereocenters. The Balaban J connectivity index is 2.25. The fourth-order valence-corrected chi connectivity index (χ4v) is 3.40. The maximum absolute atomic E-state index is 4.38. The van der Waals surface area contributed by atoms with Crippen molar-refractivity contribution in [3.8, 4) is 0 Å². The average Bonchev–Trinajstić information content (AvgIpc) is 2.93. The van der Waals surface area contributed by atoms with E-state index >= 15 is 0 Å². The standard InChI is InChI=1S/C23H26N3/c1-16(2)17(3)23-25(6)21-13-9-10-14-22(21)26(23)15-19-11-7-8-12-20(19)18(4)24-5/h7-14H,1,3,15H2,2,4-6H3/q+1. The molecule has 3 aromatic rings. The Morgan fingerprint density at radius 3 is 2.38 bits per heavy atom. The normalized spacial score (nSPS) is 11.8. The third-order valence-corrected chi connectivity index (χ3v) is 4.96. The molecular weight excluding hydrogens is 318 g/mol. The molecule has 2 aromatic carbocycles. The van der Waals surface area contributed by atoms with E-state index in [1.807, 2.05) is 14.0 Å². The van der Waals surface area contributed by atoms with Crippen molar-refractivity contribution in [3.05, 3.63) is 84.2 Å². The Hall–Kier alpha value is -2.94. The van der Waals surface area contributed by atoms with Crippen LogP contribution < -0.4 is 4.57 Å². The second-order valence-electron chi connectivity index (χ2n) is 6.68. The van der Waals surface area contributed by atoms with Crippen molar-refractivity contribution in [2.24, 2.45) is 12.0 Å². The molecule has 3 nitrogen and oxygen atoms in total. The van der Waals surface area contributed by atoms with Crippen molar-refractivity contribution in [2.75, 3.05) is 7.05 Å². The predicted octanol–water partition coefficient (Wildman–Crippen LogP) is 4.54. The van der Waals surface area contributed by atoms with Gasteiger partial charge in [-0.1, -0.05) is 49.6 Å². The first-order chi connectivity index (χ1) is 12.5. The zero-order valence-electron chi connectivity index (χ0n) is 16.1. The van der Waals surface area contributed by atoms with Crippen molar-refractivity contribution < 1.29 is 4.57 Å². The first kappa shape index (κ1) is 17.9. The first-order valence-corrected chi connectivity index (χ1v) is 8.79. The number of nitrogens with zero attached hydrogens (tertiary/aromatic N) is 3. The SMILES string of the molecule is C=C(C)C(=C)c1n(Cc2ccccc2C(C)=NC)c2ccccc2[n+]1C. The Bertz CT molecular complexity index is 1030. The molecule has 0 bridgehead atoms. The molecule has 0 atom stereocenters. The molecule has 0 aliphatic heterocycles. The number of aromatic nitrogens is 2. The van der Waals surface area contributed by atoms with Crippen molar-refractivity contribution >= 4 is 22.3 Å². The van der Waals surface area contributed by atoms with Crippen molar-refractivity contribution in [3.63, 3.8) is 0 Å². The van der Waals surface area contributed by atoms with E-state index in [-0.39, 0.29) is 0 Å². The number of aliphatic imine (C=N–C) groups is 1. The van der Waals surface area contributed by atoms with Gasteiger partial charge in [0.1, 0.15) is 6.54 Å². The molecule has 1 heterocycles. The third-order valence-electron chi connectivity index (χ3n) is 4.96. The number of fused-ring (bicyclic) bond motifs is 1. The molecule has 26 heavy (non-hydrogen) atoms. The highest BCUT2D eigenvalue weighted by Crippen LogP contribution is 2.24. The number of allylic oxidation sites excluding steroid dienone is 2. The van der Waals surface area contributed by atoms with Gasteiger partial charge in [0.05, 0.1) is 12.6 Å². The summed E-state index contributed by atoms with van der Waals surface area (Å²) in [5, 5.41) is 0. The number of benzene rings is 2. The summed E-state index contributed by atoms with van der Waals surface area (Å²) in [7, 11) is 3.93. The molecule has 0 amide bonds. The van der Waals surface area contributed by atoms with Gasteiger partial charge in [-0.2, -0.15) is 0 Å². The molecule has 0 N–H and O–H groups in total. The predicted molar refractivity (Wildman–Crippen MR) is 111 cm³/mol. The minimum Gasteiger partial charge on any atom is -0.293 e. The van der Waals surface area contributed by atoms with Gasteiger partial charge in [-0.15, -0.1) is 0 Å². The van der Waals surface area contributed by atoms with Crippen LogP contribution >= 0.6 is 0 Å². The van der Waals surface area contributed by atoms with Gasteiger partial charge in [-0.05, 0) is 31.6 Å². The van der Waals surface area contributed by atoms with Gasteiger partial charge in [0.15, 0.2) is 11.0 Å². The fraction of sp³-hybridized carbons (Fsp3) is 0.217. The minimum atomic E-state index is 0.756. The lowest BCUT2D eigenvalue weighted by Gasteiger charge is -2.10. The summed E-state index contributed by atoms with van der Waals surface area (Å²) in [6.45, 7) is 13.2. The maximum Gasteiger partial charge on any atom is 0.289 e. The van der Waals surface area contributed by atoms with Crippen LogP contribution in [0, 0.1) is 0 Å². The van der Waals surface area contributed by atoms with E-state index in [4.69, 9.17) is 0 Å². The highest BCUT2D eigenvalue weighted by atomic mass is 15.2. The van der Waals surface area contributed by atoms with E-state index in [0.29, 0.717) is 0 Å². The van der Waals surface area contributed by atoms with Crippen LogP contribution in [0.25, 0.3) is 16.6 Å². The largest absolute Gasteiger partial charge is 0.293 e. The lowest BCUT2D eigenvalue weighted by atomic mass is 10.0. The molecule has 0 saturated heterocycles. The summed E-state index contributed by atoms with van der Waals surface area (Å²) < 4.78 is 4.53. The van der Waals surface area contributed by atoms with Crippen molar-refractivity contribution in [1.29, 1.82) is 0 Å². The quantitative estimate of drug-likeness (QED) is 0.368. The van der Waals surface area contributed by atoms with Gasteiger partial charge in [-0.3, -0.25) is 4.99 Å². The Labute approximate surface area is 155 Å². The summed E-state index contributed by atoms with van der Waals surface area (Å²) in [6.07, 6.45) is 0. The van der Waals surface area contributed by atoms with Crippen LogP contribution in [-0.2, 0) is 13.6 Å². The smallest absolute Gasteiger partial charge is 0.289 e. The lowest BCUT2D eigenvalue weighted by molar-refractivity contribution is -0.648. The molecule has 0 fully saturated rings. The number of hydrogen-bond acceptors (Lipinski definition) is 1. The van der Waals surface area contributed by atoms with E-state index in [9.17, 15) is 0 Å². The Morgan fingerprint density at radius 1 is 1.04 bits per heavy atom. The molecule has 0 spiro atoms. The molecule has 0 aliphatic rings. The molecular formula is C23H26N3+. The Kier molecular flexibility index (Phi) is 4.90. The van der Waals surface area contributed by atoms with Crippen molar-refractivity contribution in [2.45, 2.75) is 20.4 Å². The van der Waals surface area contributed by atoms with Gasteiger partial charge in [0.25, 0.3) is 5.82 Å². The molecule has 0 aliphatic carbocycles. The van der Waals surface area contributed by atoms with Gasteiger partial charge < -0.3 is 0 Å². The first-order valence-electron chi connectivity index (χ1n) is 8.79. The van der Waals surface area contributed by atoms with Crippen LogP contribution in [0.4, 0.5) is 0 Å². The fourth-order valence-electron chi connectivity index (χ4n) is 3.40. The zero-order chi connectivity index (χ0) is 18.8. The third kappa shape index (κ3) is 3.01. The second-order valence-corrected chi connectivity index (χ2v) is 6.68. The highest BCUT2D eigenvalue weighted by Gasteiger charge is 2.25. The van der Waals surface area contributed by atoms with Gasteiger partial charge in [0, 0.05) is 23.9 Å². The number of rotatable bonds is 5. The minimum absolute atomic E-state index is 0.756. The average molecular weight is 344 g/mol. The van der Waals surface area contributed by atoms with Crippen LogP contribution in [0.2, 0.25) is 0 Å². The topological polar surface area (TPSA) is 21.2 Å². The van der Waals surface area contributed by atoms with Crippen LogP contribution in [0.15, 0.2) is 72.3 Å². The van der Waals surface area contributed by atoms with E-state index < -0.39 is 0 Å². The summed E-state index contributed by atoms with van der Waals surface area (Å²) in [4.78, 5) is 4.38. The van der Waals surface area contributed by atoms with Crippen LogP contribution in [-0.4, -0.2) is 17.3 Å². The van der Waals surface area contributed by atoms with E-state index in [1.54, 1.807) is 0 Å². The molecule has 132 valence electrons. The van der Waals surface area contributed by atoms with Crippen LogP contribution in [0.1, 0.15) is 30.8 Å². The number of para-hydroxylation sites is 2. The monoisotopic (exact) mass is 344 g/mol. The summed E-state index contributed by atoms with van der Waals surface area (Å²) in [5.74, 6) is 1.08. The van der Waals surface area contributed by atoms with Gasteiger partial charge in [0.2, 0.25) is 0 Å². The van der Waals surface area contributed by atoms with Crippen LogP contribution in [0.5, 0.6) is 0 Å². The molecule has 0 radical (unpaired) electrons. The zero-order valence-corrected chi connectivity index (χ0v) is 16.1. The molecule has 1 aromatic heterocycles. The van der Waals surface area contributed by atoms with Crippen molar-refractivity contribution in [1.82, 2.24) is 4.57 Å². The van der Waals surface area contributed by atoms with E-state index in [0.717, 1.165) is 29.2 Å². The summed E-state index contributed by atoms with van der Waals surface area (Å²) in [5.41, 5.74) is 7.78. The molecule has 3 heteroatoms. The number of hydrogen-bond donors (Lipinski definition) is 0. The summed E-state index contributed by atoms with van der Waals surface area (Å²) in [6, 6.07) is 16.9. The number of imidazole rings is 1. The Morgan fingerprint density at radius 2 is 1.69 bits per heavy atom. The number of aryl methyl sites for hydroxylation is 1. The van der Waals surface area contributed by atoms with E-state index in [2.05, 4.69) is 89.8 Å². The molecule has 0 saturated carbocycles. The lowest BCUT2D eigenvalue weighted by Crippen LogP contribution is -2.32. The van der Waals surface area contributed by atoms with Gasteiger partial charge in [-0.25, -0.2) is 9.13 Å². The highest BCUT2D eigenvalue weighted by molar-refractivity contribution is 6.00. The van der Waals surface area contributed by atoms with Crippen LogP contribution in [0.3, 0.4) is 0 Å². The van der Waals surface area contributed by atoms with Gasteiger partial charge >= 0.3 is 0 Å². The van der Waals surface area contributed by atoms with E-state index in [1.165, 1.54) is 22.2 Å². The second kappa shape index (κ2) is 7.12. The maximum atomic E-state index is 4.38. The summed E-state index contributed by atoms with van der Waals surface area (Å²) >= 11 is 0.